The molecule has 4 nitrogen and oxygen atoms in total. The molecular formula is C18H12Cl2N2O2. The third kappa shape index (κ3) is 3.50. The normalized spacial score (nSPS) is 10.4. The van der Waals surface area contributed by atoms with Gasteiger partial charge in [0.1, 0.15) is 0 Å². The van der Waals surface area contributed by atoms with Crippen LogP contribution < -0.4 is 10.9 Å². The number of amides is 2. The van der Waals surface area contributed by atoms with E-state index in [1.807, 2.05) is 30.3 Å². The zero-order valence-corrected chi connectivity index (χ0v) is 13.9. The Morgan fingerprint density at radius 3 is 2.25 bits per heavy atom. The molecule has 0 bridgehead atoms. The fraction of sp³-hybridized carbons (Fsp3) is 0. The van der Waals surface area contributed by atoms with Crippen LogP contribution >= 0.6 is 23.2 Å². The number of carbonyl (C=O) groups is 2. The van der Waals surface area contributed by atoms with E-state index in [1.54, 1.807) is 18.2 Å². The molecule has 2 amide bonds. The van der Waals surface area contributed by atoms with E-state index >= 15 is 0 Å². The van der Waals surface area contributed by atoms with Crippen LogP contribution in [0.3, 0.4) is 0 Å². The molecule has 0 saturated carbocycles. The smallest absolute Gasteiger partial charge is 0.267 e. The quantitative estimate of drug-likeness (QED) is 0.673. The van der Waals surface area contributed by atoms with E-state index in [9.17, 15) is 9.59 Å². The number of rotatable bonds is 2. The Morgan fingerprint density at radius 2 is 1.46 bits per heavy atom. The Bertz CT molecular complexity index is 941. The van der Waals surface area contributed by atoms with Crippen molar-refractivity contribution in [2.75, 3.05) is 0 Å². The minimum absolute atomic E-state index is 0.183. The number of hydrogen-bond donors (Lipinski definition) is 2. The predicted octanol–water partition coefficient (Wildman–Crippen LogP) is 4.22. The molecule has 6 heteroatoms. The van der Waals surface area contributed by atoms with Gasteiger partial charge >= 0.3 is 0 Å². The summed E-state index contributed by atoms with van der Waals surface area (Å²) in [5.41, 5.74) is 5.32. The largest absolute Gasteiger partial charge is 0.271 e. The molecule has 0 spiro atoms. The second-order valence-corrected chi connectivity index (χ2v) is 5.94. The van der Waals surface area contributed by atoms with Crippen molar-refractivity contribution < 1.29 is 9.59 Å². The van der Waals surface area contributed by atoms with Crippen LogP contribution in [0.2, 0.25) is 10.0 Å². The lowest BCUT2D eigenvalue weighted by Gasteiger charge is -2.09. The number of carbonyl (C=O) groups excluding carboxylic acids is 2. The van der Waals surface area contributed by atoms with Crippen molar-refractivity contribution in [1.82, 2.24) is 10.9 Å². The van der Waals surface area contributed by atoms with Crippen LogP contribution in [0.4, 0.5) is 0 Å². The molecule has 0 fully saturated rings. The van der Waals surface area contributed by atoms with Crippen molar-refractivity contribution in [1.29, 1.82) is 0 Å². The summed E-state index contributed by atoms with van der Waals surface area (Å²) in [5, 5.41) is 2.60. The average Bonchev–Trinajstić information content (AvgIpc) is 2.61. The maximum Gasteiger partial charge on any atom is 0.271 e. The van der Waals surface area contributed by atoms with Crippen LogP contribution in [0, 0.1) is 0 Å². The predicted molar refractivity (Wildman–Crippen MR) is 95.3 cm³/mol. The van der Waals surface area contributed by atoms with E-state index in [0.29, 0.717) is 10.6 Å². The number of fused-ring (bicyclic) bond motifs is 1. The molecule has 3 aromatic rings. The summed E-state index contributed by atoms with van der Waals surface area (Å²) in [6.45, 7) is 0. The maximum absolute atomic E-state index is 12.2. The second-order valence-electron chi connectivity index (χ2n) is 5.09. The molecule has 0 aliphatic heterocycles. The summed E-state index contributed by atoms with van der Waals surface area (Å²) in [5.74, 6) is -0.969. The van der Waals surface area contributed by atoms with Crippen molar-refractivity contribution in [3.63, 3.8) is 0 Å². The van der Waals surface area contributed by atoms with Crippen LogP contribution in [-0.4, -0.2) is 11.8 Å². The van der Waals surface area contributed by atoms with Gasteiger partial charge in [0, 0.05) is 10.6 Å². The molecule has 0 atom stereocenters. The van der Waals surface area contributed by atoms with Crippen molar-refractivity contribution in [2.24, 2.45) is 0 Å². The van der Waals surface area contributed by atoms with Crippen LogP contribution in [-0.2, 0) is 0 Å². The summed E-state index contributed by atoms with van der Waals surface area (Å²) in [6.07, 6.45) is 0. The van der Waals surface area contributed by atoms with E-state index in [1.165, 1.54) is 12.1 Å². The Hall–Kier alpha value is -2.56. The molecule has 3 rings (SSSR count). The first kappa shape index (κ1) is 16.3. The highest BCUT2D eigenvalue weighted by molar-refractivity contribution is 6.35. The van der Waals surface area contributed by atoms with Crippen molar-refractivity contribution in [2.45, 2.75) is 0 Å². The molecule has 0 heterocycles. The van der Waals surface area contributed by atoms with Gasteiger partial charge in [-0.05, 0) is 41.1 Å². The minimum atomic E-state index is -0.545. The molecule has 0 saturated heterocycles. The lowest BCUT2D eigenvalue weighted by molar-refractivity contribution is 0.0847. The van der Waals surface area contributed by atoms with E-state index in [-0.39, 0.29) is 10.6 Å². The molecule has 3 aromatic carbocycles. The topological polar surface area (TPSA) is 58.2 Å². The zero-order chi connectivity index (χ0) is 17.1. The SMILES string of the molecule is O=C(NNC(=O)c1cc(Cl)ccc1Cl)c1ccc2ccccc2c1. The van der Waals surface area contributed by atoms with Crippen molar-refractivity contribution in [3.05, 3.63) is 81.8 Å². The van der Waals surface area contributed by atoms with Crippen molar-refractivity contribution >= 4 is 45.8 Å². The van der Waals surface area contributed by atoms with E-state index < -0.39 is 11.8 Å². The summed E-state index contributed by atoms with van der Waals surface area (Å²) < 4.78 is 0. The number of nitrogens with one attached hydrogen (secondary N) is 2. The first-order chi connectivity index (χ1) is 11.5. The molecule has 0 radical (unpaired) electrons. The maximum atomic E-state index is 12.2. The summed E-state index contributed by atoms with van der Waals surface area (Å²) >= 11 is 11.8. The van der Waals surface area contributed by atoms with Crippen LogP contribution in [0.25, 0.3) is 10.8 Å². The zero-order valence-electron chi connectivity index (χ0n) is 12.3. The lowest BCUT2D eigenvalue weighted by Crippen LogP contribution is -2.41. The monoisotopic (exact) mass is 358 g/mol. The van der Waals surface area contributed by atoms with Gasteiger partial charge in [0.25, 0.3) is 11.8 Å². The minimum Gasteiger partial charge on any atom is -0.267 e. The molecular weight excluding hydrogens is 347 g/mol. The molecule has 0 aromatic heterocycles. The summed E-state index contributed by atoms with van der Waals surface area (Å²) in [4.78, 5) is 24.3. The van der Waals surface area contributed by atoms with Gasteiger partial charge in [-0.15, -0.1) is 0 Å². The van der Waals surface area contributed by atoms with Gasteiger partial charge in [0.05, 0.1) is 10.6 Å². The van der Waals surface area contributed by atoms with Gasteiger partial charge in [-0.25, -0.2) is 0 Å². The van der Waals surface area contributed by atoms with Gasteiger partial charge in [-0.2, -0.15) is 0 Å². The molecule has 2 N–H and O–H groups in total. The first-order valence-corrected chi connectivity index (χ1v) is 7.85. The van der Waals surface area contributed by atoms with Gasteiger partial charge in [-0.3, -0.25) is 20.4 Å². The summed E-state index contributed by atoms with van der Waals surface area (Å²) in [6, 6.07) is 17.5. The molecule has 0 aliphatic carbocycles. The number of hydrazine groups is 1. The van der Waals surface area contributed by atoms with Gasteiger partial charge < -0.3 is 0 Å². The third-order valence-electron chi connectivity index (χ3n) is 3.47. The number of benzene rings is 3. The Balaban J connectivity index is 1.72. The van der Waals surface area contributed by atoms with Crippen molar-refractivity contribution in [3.8, 4) is 0 Å². The first-order valence-electron chi connectivity index (χ1n) is 7.09. The third-order valence-corrected chi connectivity index (χ3v) is 4.04. The van der Waals surface area contributed by atoms with Crippen LogP contribution in [0.5, 0.6) is 0 Å². The van der Waals surface area contributed by atoms with E-state index in [0.717, 1.165) is 10.8 Å². The fourth-order valence-corrected chi connectivity index (χ4v) is 2.63. The number of hydrogen-bond acceptors (Lipinski definition) is 2. The van der Waals surface area contributed by atoms with Gasteiger partial charge in [0.15, 0.2) is 0 Å². The van der Waals surface area contributed by atoms with Crippen LogP contribution in [0.1, 0.15) is 20.7 Å². The highest BCUT2D eigenvalue weighted by Crippen LogP contribution is 2.20. The molecule has 0 unspecified atom stereocenters. The standard InChI is InChI=1S/C18H12Cl2N2O2/c19-14-7-8-16(20)15(10-14)18(24)22-21-17(23)13-6-5-11-3-1-2-4-12(11)9-13/h1-10H,(H,21,23)(H,22,24). The Kier molecular flexibility index (Phi) is 4.69. The molecule has 0 aliphatic rings. The van der Waals surface area contributed by atoms with Gasteiger partial charge in [0.2, 0.25) is 0 Å². The fourth-order valence-electron chi connectivity index (χ4n) is 2.26. The number of halogens is 2. The summed E-state index contributed by atoms with van der Waals surface area (Å²) in [7, 11) is 0. The highest BCUT2D eigenvalue weighted by atomic mass is 35.5. The Morgan fingerprint density at radius 1 is 0.750 bits per heavy atom. The van der Waals surface area contributed by atoms with Gasteiger partial charge in [-0.1, -0.05) is 53.5 Å². The molecule has 24 heavy (non-hydrogen) atoms. The lowest BCUT2D eigenvalue weighted by atomic mass is 10.1. The average molecular weight is 359 g/mol. The van der Waals surface area contributed by atoms with Crippen LogP contribution in [0.15, 0.2) is 60.7 Å². The van der Waals surface area contributed by atoms with E-state index in [4.69, 9.17) is 23.2 Å². The second kappa shape index (κ2) is 6.91. The Labute approximate surface area is 148 Å². The highest BCUT2D eigenvalue weighted by Gasteiger charge is 2.13. The molecule has 120 valence electrons. The van der Waals surface area contributed by atoms with E-state index in [2.05, 4.69) is 10.9 Å².